The maximum atomic E-state index is 12.7. The van der Waals surface area contributed by atoms with Gasteiger partial charge in [-0.25, -0.2) is 0 Å². The third-order valence-corrected chi connectivity index (χ3v) is 4.40. The van der Waals surface area contributed by atoms with Crippen LogP contribution in [0.4, 0.5) is 5.69 Å². The van der Waals surface area contributed by atoms with Crippen LogP contribution >= 0.6 is 11.6 Å². The third-order valence-electron chi connectivity index (χ3n) is 4.15. The van der Waals surface area contributed by atoms with Gasteiger partial charge in [-0.3, -0.25) is 9.59 Å². The highest BCUT2D eigenvalue weighted by Gasteiger charge is 2.25. The number of carbonyl (C=O) groups is 2. The number of carbonyl (C=O) groups excluding carboxylic acids is 2. The maximum absolute atomic E-state index is 12.7. The summed E-state index contributed by atoms with van der Waals surface area (Å²) in [7, 11) is 0. The van der Waals surface area contributed by atoms with Crippen molar-refractivity contribution >= 4 is 29.1 Å². The fraction of sp³-hybridized carbons (Fsp3) is 0.300. The van der Waals surface area contributed by atoms with Crippen LogP contribution in [0.1, 0.15) is 24.2 Å². The van der Waals surface area contributed by atoms with Gasteiger partial charge < -0.3 is 20.1 Å². The second-order valence-corrected chi connectivity index (χ2v) is 6.99. The molecule has 0 aliphatic carbocycles. The molecule has 0 aromatic heterocycles. The molecular weight excluding hydrogens is 368 g/mol. The molecule has 7 heteroatoms. The van der Waals surface area contributed by atoms with Crippen LogP contribution in [0.15, 0.2) is 42.5 Å². The Morgan fingerprint density at radius 3 is 2.33 bits per heavy atom. The summed E-state index contributed by atoms with van der Waals surface area (Å²) in [6.07, 6.45) is 0. The van der Waals surface area contributed by atoms with E-state index in [9.17, 15) is 9.59 Å². The molecule has 2 aromatic carbocycles. The van der Waals surface area contributed by atoms with E-state index in [1.807, 2.05) is 13.8 Å². The molecule has 6 nitrogen and oxygen atoms in total. The van der Waals surface area contributed by atoms with E-state index < -0.39 is 6.04 Å². The van der Waals surface area contributed by atoms with Gasteiger partial charge in [0.2, 0.25) is 5.91 Å². The van der Waals surface area contributed by atoms with Crippen molar-refractivity contribution in [2.75, 3.05) is 18.5 Å². The molecule has 27 heavy (non-hydrogen) atoms. The number of fused-ring (bicyclic) bond motifs is 1. The van der Waals surface area contributed by atoms with Gasteiger partial charge in [-0.15, -0.1) is 0 Å². The number of anilines is 1. The van der Waals surface area contributed by atoms with Crippen LogP contribution in [-0.2, 0) is 4.79 Å². The van der Waals surface area contributed by atoms with E-state index in [-0.39, 0.29) is 17.7 Å². The van der Waals surface area contributed by atoms with Crippen LogP contribution in [0.5, 0.6) is 11.5 Å². The Balaban J connectivity index is 1.70. The second-order valence-electron chi connectivity index (χ2n) is 6.55. The first-order chi connectivity index (χ1) is 12.9. The lowest BCUT2D eigenvalue weighted by atomic mass is 10.0. The zero-order valence-electron chi connectivity index (χ0n) is 15.1. The SMILES string of the molecule is CC(C)C(NC(=O)c1ccc(Cl)cc1)C(=O)Nc1ccc2c(c1)OCCO2. The molecule has 1 heterocycles. The minimum absolute atomic E-state index is 0.0986. The number of hydrogen-bond donors (Lipinski definition) is 2. The monoisotopic (exact) mass is 388 g/mol. The Labute approximate surface area is 162 Å². The molecule has 1 aliphatic heterocycles. The summed E-state index contributed by atoms with van der Waals surface area (Å²) in [6, 6.07) is 11.0. The summed E-state index contributed by atoms with van der Waals surface area (Å²) >= 11 is 5.85. The molecule has 0 fully saturated rings. The van der Waals surface area contributed by atoms with Gasteiger partial charge in [0.05, 0.1) is 0 Å². The molecule has 2 aromatic rings. The minimum Gasteiger partial charge on any atom is -0.486 e. The first-order valence-corrected chi connectivity index (χ1v) is 9.09. The summed E-state index contributed by atoms with van der Waals surface area (Å²) in [4.78, 5) is 25.2. The van der Waals surface area contributed by atoms with Crippen LogP contribution in [0.2, 0.25) is 5.02 Å². The minimum atomic E-state index is -0.693. The fourth-order valence-corrected chi connectivity index (χ4v) is 2.83. The number of halogens is 1. The molecule has 0 bridgehead atoms. The highest BCUT2D eigenvalue weighted by molar-refractivity contribution is 6.30. The fourth-order valence-electron chi connectivity index (χ4n) is 2.70. The maximum Gasteiger partial charge on any atom is 0.251 e. The summed E-state index contributed by atoms with van der Waals surface area (Å²) in [5.74, 6) is 0.506. The molecule has 2 amide bonds. The highest BCUT2D eigenvalue weighted by Crippen LogP contribution is 2.32. The van der Waals surface area contributed by atoms with E-state index in [0.29, 0.717) is 41.0 Å². The van der Waals surface area contributed by atoms with Crippen LogP contribution in [0.3, 0.4) is 0 Å². The average molecular weight is 389 g/mol. The number of rotatable bonds is 5. The van der Waals surface area contributed by atoms with Gasteiger partial charge in [-0.2, -0.15) is 0 Å². The van der Waals surface area contributed by atoms with Gasteiger partial charge in [0.1, 0.15) is 19.3 Å². The Morgan fingerprint density at radius 1 is 1.00 bits per heavy atom. The van der Waals surface area contributed by atoms with E-state index in [0.717, 1.165) is 0 Å². The Morgan fingerprint density at radius 2 is 1.67 bits per heavy atom. The van der Waals surface area contributed by atoms with Crippen LogP contribution in [0.25, 0.3) is 0 Å². The van der Waals surface area contributed by atoms with E-state index in [1.54, 1.807) is 42.5 Å². The highest BCUT2D eigenvalue weighted by atomic mass is 35.5. The van der Waals surface area contributed by atoms with Crippen molar-refractivity contribution in [3.05, 3.63) is 53.1 Å². The number of hydrogen-bond acceptors (Lipinski definition) is 4. The second kappa shape index (κ2) is 8.31. The van der Waals surface area contributed by atoms with Gasteiger partial charge in [0.15, 0.2) is 11.5 Å². The van der Waals surface area contributed by atoms with E-state index in [2.05, 4.69) is 10.6 Å². The van der Waals surface area contributed by atoms with Gasteiger partial charge in [0, 0.05) is 22.3 Å². The summed E-state index contributed by atoms with van der Waals surface area (Å²) in [6.45, 7) is 4.72. The molecule has 2 N–H and O–H groups in total. The molecule has 0 radical (unpaired) electrons. The van der Waals surface area contributed by atoms with E-state index in [1.165, 1.54) is 0 Å². The van der Waals surface area contributed by atoms with Crippen molar-refractivity contribution < 1.29 is 19.1 Å². The molecule has 0 saturated carbocycles. The molecular formula is C20H21ClN2O4. The molecule has 1 aliphatic rings. The van der Waals surface area contributed by atoms with Crippen molar-refractivity contribution in [1.29, 1.82) is 0 Å². The van der Waals surface area contributed by atoms with Gasteiger partial charge in [-0.1, -0.05) is 25.4 Å². The van der Waals surface area contributed by atoms with Crippen molar-refractivity contribution in [2.24, 2.45) is 5.92 Å². The predicted octanol–water partition coefficient (Wildman–Crippen LogP) is 3.50. The first kappa shape index (κ1) is 19.0. The summed E-state index contributed by atoms with van der Waals surface area (Å²) in [5.41, 5.74) is 1.02. The molecule has 1 unspecified atom stereocenters. The van der Waals surface area contributed by atoms with Gasteiger partial charge in [-0.05, 0) is 42.3 Å². The third kappa shape index (κ3) is 4.71. The largest absolute Gasteiger partial charge is 0.486 e. The first-order valence-electron chi connectivity index (χ1n) is 8.71. The van der Waals surface area contributed by atoms with Crippen LogP contribution in [0, 0.1) is 5.92 Å². The lowest BCUT2D eigenvalue weighted by Crippen LogP contribution is -2.47. The zero-order chi connectivity index (χ0) is 19.4. The lowest BCUT2D eigenvalue weighted by molar-refractivity contribution is -0.118. The zero-order valence-corrected chi connectivity index (χ0v) is 15.9. The van der Waals surface area contributed by atoms with Gasteiger partial charge in [0.25, 0.3) is 5.91 Å². The van der Waals surface area contributed by atoms with Crippen LogP contribution < -0.4 is 20.1 Å². The van der Waals surface area contributed by atoms with Crippen molar-refractivity contribution in [1.82, 2.24) is 5.32 Å². The van der Waals surface area contributed by atoms with E-state index >= 15 is 0 Å². The smallest absolute Gasteiger partial charge is 0.251 e. The molecule has 3 rings (SSSR count). The number of nitrogens with one attached hydrogen (secondary N) is 2. The Kier molecular flexibility index (Phi) is 5.86. The normalized spacial score (nSPS) is 13.8. The van der Waals surface area contributed by atoms with Crippen molar-refractivity contribution in [3.63, 3.8) is 0 Å². The van der Waals surface area contributed by atoms with Gasteiger partial charge >= 0.3 is 0 Å². The number of ether oxygens (including phenoxy) is 2. The standard InChI is InChI=1S/C20H21ClN2O4/c1-12(2)18(23-19(24)13-3-5-14(21)6-4-13)20(25)22-15-7-8-16-17(11-15)27-10-9-26-16/h3-8,11-12,18H,9-10H2,1-2H3,(H,22,25)(H,23,24). The molecule has 0 spiro atoms. The van der Waals surface area contributed by atoms with Crippen LogP contribution in [-0.4, -0.2) is 31.1 Å². The Hall–Kier alpha value is -2.73. The lowest BCUT2D eigenvalue weighted by Gasteiger charge is -2.23. The summed E-state index contributed by atoms with van der Waals surface area (Å²) in [5, 5.41) is 6.16. The molecule has 142 valence electrons. The average Bonchev–Trinajstić information content (AvgIpc) is 2.66. The van der Waals surface area contributed by atoms with Crippen molar-refractivity contribution in [2.45, 2.75) is 19.9 Å². The molecule has 1 atom stereocenters. The van der Waals surface area contributed by atoms with Crippen molar-refractivity contribution in [3.8, 4) is 11.5 Å². The quantitative estimate of drug-likeness (QED) is 0.821. The Bertz CT molecular complexity index is 836. The molecule has 0 saturated heterocycles. The number of amides is 2. The summed E-state index contributed by atoms with van der Waals surface area (Å²) < 4.78 is 11.0. The topological polar surface area (TPSA) is 76.7 Å². The predicted molar refractivity (Wildman–Crippen MR) is 104 cm³/mol. The van der Waals surface area contributed by atoms with E-state index in [4.69, 9.17) is 21.1 Å². The number of benzene rings is 2.